The summed E-state index contributed by atoms with van der Waals surface area (Å²) in [6.45, 7) is 1.70. The van der Waals surface area contributed by atoms with Gasteiger partial charge >= 0.3 is 5.97 Å². The van der Waals surface area contributed by atoms with E-state index < -0.39 is 11.6 Å². The highest BCUT2D eigenvalue weighted by Crippen LogP contribution is 2.43. The fourth-order valence-electron chi connectivity index (χ4n) is 4.25. The molecule has 2 atom stereocenters. The van der Waals surface area contributed by atoms with Gasteiger partial charge in [-0.1, -0.05) is 37.1 Å². The summed E-state index contributed by atoms with van der Waals surface area (Å²) >= 11 is 0. The summed E-state index contributed by atoms with van der Waals surface area (Å²) in [7, 11) is 3.32. The van der Waals surface area contributed by atoms with Crippen LogP contribution in [0.5, 0.6) is 11.5 Å². The van der Waals surface area contributed by atoms with Crippen LogP contribution in [-0.2, 0) is 10.4 Å². The number of hydrogen-bond acceptors (Lipinski definition) is 5. The van der Waals surface area contributed by atoms with Gasteiger partial charge in [0.25, 0.3) is 5.91 Å². The number of amides is 1. The monoisotopic (exact) mass is 411 g/mol. The molecule has 0 aromatic heterocycles. The van der Waals surface area contributed by atoms with Crippen LogP contribution in [0.1, 0.15) is 48.5 Å². The van der Waals surface area contributed by atoms with Crippen molar-refractivity contribution >= 4 is 11.9 Å². The molecule has 0 spiro atoms. The Hall–Kier alpha value is -2.86. The van der Waals surface area contributed by atoms with Crippen molar-refractivity contribution < 1.29 is 24.2 Å². The second-order valence-electron chi connectivity index (χ2n) is 7.87. The van der Waals surface area contributed by atoms with Gasteiger partial charge in [0.1, 0.15) is 11.5 Å². The van der Waals surface area contributed by atoms with E-state index >= 15 is 0 Å². The number of para-hydroxylation sites is 1. The molecule has 2 aromatic rings. The predicted octanol–water partition coefficient (Wildman–Crippen LogP) is 3.77. The summed E-state index contributed by atoms with van der Waals surface area (Å²) in [5, 5.41) is 11.6. The van der Waals surface area contributed by atoms with Gasteiger partial charge < -0.3 is 19.5 Å². The van der Waals surface area contributed by atoms with E-state index in [0.29, 0.717) is 24.3 Å². The van der Waals surface area contributed by atoms with Gasteiger partial charge in [0.05, 0.1) is 18.3 Å². The number of benzene rings is 2. The third-order valence-corrected chi connectivity index (χ3v) is 5.82. The summed E-state index contributed by atoms with van der Waals surface area (Å²) < 4.78 is 10.5. The lowest BCUT2D eigenvalue weighted by Gasteiger charge is -2.42. The van der Waals surface area contributed by atoms with E-state index in [-0.39, 0.29) is 17.6 Å². The number of carbonyl (C=O) groups excluding carboxylic acids is 2. The molecule has 6 nitrogen and oxygen atoms in total. The summed E-state index contributed by atoms with van der Waals surface area (Å²) in [6, 6.07) is 14.2. The minimum absolute atomic E-state index is 0.117. The van der Waals surface area contributed by atoms with E-state index in [0.717, 1.165) is 24.8 Å². The van der Waals surface area contributed by atoms with Crippen LogP contribution in [0, 0.1) is 5.92 Å². The molecule has 160 valence electrons. The zero-order chi connectivity index (χ0) is 21.7. The average molecular weight is 411 g/mol. The first kappa shape index (κ1) is 21.8. The molecule has 1 aliphatic carbocycles. The minimum atomic E-state index is -1.03. The van der Waals surface area contributed by atoms with E-state index in [2.05, 4.69) is 0 Å². The summed E-state index contributed by atoms with van der Waals surface area (Å²) in [4.78, 5) is 26.1. The maximum atomic E-state index is 13.1. The fraction of sp³-hybridized carbons (Fsp3) is 0.417. The fourth-order valence-corrected chi connectivity index (χ4v) is 4.25. The Morgan fingerprint density at radius 1 is 1.17 bits per heavy atom. The zero-order valence-corrected chi connectivity index (χ0v) is 17.8. The van der Waals surface area contributed by atoms with Gasteiger partial charge in [0.15, 0.2) is 0 Å². The van der Waals surface area contributed by atoms with Crippen LogP contribution < -0.4 is 9.47 Å². The van der Waals surface area contributed by atoms with Crippen LogP contribution in [-0.4, -0.2) is 42.6 Å². The first-order valence-electron chi connectivity index (χ1n) is 10.2. The van der Waals surface area contributed by atoms with Gasteiger partial charge in [-0.15, -0.1) is 0 Å². The van der Waals surface area contributed by atoms with Crippen molar-refractivity contribution in [2.45, 2.75) is 38.2 Å². The topological polar surface area (TPSA) is 76.1 Å². The third-order valence-electron chi connectivity index (χ3n) is 5.82. The quantitative estimate of drug-likeness (QED) is 0.578. The van der Waals surface area contributed by atoms with Crippen LogP contribution in [0.4, 0.5) is 0 Å². The SMILES string of the molecule is COc1cccc(C2(O)CCCCC2CN(C)C(=O)c2ccccc2OC(C)=O)c1. The average Bonchev–Trinajstić information content (AvgIpc) is 2.75. The molecule has 2 aromatic carbocycles. The molecular formula is C24H29NO5. The molecule has 1 aliphatic rings. The predicted molar refractivity (Wildman–Crippen MR) is 114 cm³/mol. The lowest BCUT2D eigenvalue weighted by molar-refractivity contribution is -0.131. The lowest BCUT2D eigenvalue weighted by atomic mass is 9.71. The van der Waals surface area contributed by atoms with Crippen molar-refractivity contribution in [2.75, 3.05) is 20.7 Å². The lowest BCUT2D eigenvalue weighted by Crippen LogP contribution is -2.45. The van der Waals surface area contributed by atoms with Crippen LogP contribution >= 0.6 is 0 Å². The molecule has 1 amide bonds. The molecule has 0 aliphatic heterocycles. The molecule has 1 N–H and O–H groups in total. The Morgan fingerprint density at radius 2 is 1.93 bits per heavy atom. The third kappa shape index (κ3) is 4.65. The van der Waals surface area contributed by atoms with Crippen molar-refractivity contribution in [3.8, 4) is 11.5 Å². The molecule has 6 heteroatoms. The number of rotatable bonds is 6. The molecule has 3 rings (SSSR count). The number of nitrogens with zero attached hydrogens (tertiary/aromatic N) is 1. The van der Waals surface area contributed by atoms with E-state index in [1.165, 1.54) is 6.92 Å². The second-order valence-corrected chi connectivity index (χ2v) is 7.87. The molecular weight excluding hydrogens is 382 g/mol. The second kappa shape index (κ2) is 9.30. The summed E-state index contributed by atoms with van der Waals surface area (Å²) in [6.07, 6.45) is 3.38. The van der Waals surface area contributed by atoms with Gasteiger partial charge in [-0.05, 0) is 42.7 Å². The minimum Gasteiger partial charge on any atom is -0.497 e. The van der Waals surface area contributed by atoms with Crippen molar-refractivity contribution in [1.29, 1.82) is 0 Å². The molecule has 0 saturated heterocycles. The Morgan fingerprint density at radius 3 is 2.67 bits per heavy atom. The number of ether oxygens (including phenoxy) is 2. The molecule has 0 bridgehead atoms. The van der Waals surface area contributed by atoms with Crippen molar-refractivity contribution in [1.82, 2.24) is 4.90 Å². The molecule has 30 heavy (non-hydrogen) atoms. The highest BCUT2D eigenvalue weighted by molar-refractivity contribution is 5.97. The van der Waals surface area contributed by atoms with Gasteiger partial charge in [-0.2, -0.15) is 0 Å². The molecule has 0 radical (unpaired) electrons. The van der Waals surface area contributed by atoms with Crippen molar-refractivity contribution in [3.05, 3.63) is 59.7 Å². The Labute approximate surface area is 177 Å². The molecule has 0 heterocycles. The Balaban J connectivity index is 1.83. The smallest absolute Gasteiger partial charge is 0.308 e. The Bertz CT molecular complexity index is 912. The maximum Gasteiger partial charge on any atom is 0.308 e. The normalized spacial score (nSPS) is 21.0. The summed E-state index contributed by atoms with van der Waals surface area (Å²) in [5.41, 5.74) is 0.111. The number of methoxy groups -OCH3 is 1. The summed E-state index contributed by atoms with van der Waals surface area (Å²) in [5.74, 6) is 0.106. The zero-order valence-electron chi connectivity index (χ0n) is 17.8. The van der Waals surface area contributed by atoms with Crippen LogP contribution in [0.15, 0.2) is 48.5 Å². The largest absolute Gasteiger partial charge is 0.497 e. The number of carbonyl (C=O) groups is 2. The van der Waals surface area contributed by atoms with Gasteiger partial charge in [-0.3, -0.25) is 9.59 Å². The van der Waals surface area contributed by atoms with Crippen LogP contribution in [0.3, 0.4) is 0 Å². The van der Waals surface area contributed by atoms with Gasteiger partial charge in [-0.25, -0.2) is 0 Å². The van der Waals surface area contributed by atoms with E-state index in [1.807, 2.05) is 24.3 Å². The van der Waals surface area contributed by atoms with Crippen LogP contribution in [0.2, 0.25) is 0 Å². The highest BCUT2D eigenvalue weighted by atomic mass is 16.5. The highest BCUT2D eigenvalue weighted by Gasteiger charge is 2.41. The van der Waals surface area contributed by atoms with E-state index in [1.54, 1.807) is 43.3 Å². The number of esters is 1. The van der Waals surface area contributed by atoms with Crippen molar-refractivity contribution in [2.24, 2.45) is 5.92 Å². The van der Waals surface area contributed by atoms with E-state index in [4.69, 9.17) is 9.47 Å². The standard InChI is InChI=1S/C24H29NO5/c1-17(26)30-22-13-5-4-12-21(22)23(27)25(2)16-19-9-6-7-14-24(19,28)18-10-8-11-20(15-18)29-3/h4-5,8,10-13,15,19,28H,6-7,9,14,16H2,1-3H3. The van der Waals surface area contributed by atoms with Crippen LogP contribution in [0.25, 0.3) is 0 Å². The molecule has 1 fully saturated rings. The first-order valence-corrected chi connectivity index (χ1v) is 10.2. The van der Waals surface area contributed by atoms with E-state index in [9.17, 15) is 14.7 Å². The molecule has 1 saturated carbocycles. The Kier molecular flexibility index (Phi) is 6.77. The van der Waals surface area contributed by atoms with Gasteiger partial charge in [0, 0.05) is 26.4 Å². The molecule has 2 unspecified atom stereocenters. The first-order chi connectivity index (χ1) is 14.3. The number of aliphatic hydroxyl groups is 1. The maximum absolute atomic E-state index is 13.1. The number of hydrogen-bond donors (Lipinski definition) is 1. The van der Waals surface area contributed by atoms with Crippen molar-refractivity contribution in [3.63, 3.8) is 0 Å². The van der Waals surface area contributed by atoms with Gasteiger partial charge in [0.2, 0.25) is 0 Å².